The van der Waals surface area contributed by atoms with Gasteiger partial charge < -0.3 is 4.74 Å². The van der Waals surface area contributed by atoms with Crippen LogP contribution in [0.15, 0.2) is 66.3 Å². The van der Waals surface area contributed by atoms with Crippen molar-refractivity contribution in [3.05, 3.63) is 94.6 Å². The fourth-order valence-electron chi connectivity index (χ4n) is 3.10. The first-order chi connectivity index (χ1) is 13.5. The summed E-state index contributed by atoms with van der Waals surface area (Å²) < 4.78 is 21.8. The fraction of sp³-hybridized carbons (Fsp3) is 0.182. The molecule has 2 aromatic heterocycles. The molecule has 0 fully saturated rings. The lowest BCUT2D eigenvalue weighted by molar-refractivity contribution is 0.410. The number of benzene rings is 1. The lowest BCUT2D eigenvalue weighted by atomic mass is 10.0. The standard InChI is InChI=1S/C22H22FN3O2/c1-5-17(6-2)20-7-8-21(24-15(20)3)26-10-9-25(22(26)27)14-16-11-18(23)13-19(12-16)28-4/h5-13H,1,14H2,2-4H3/b17-6+. The van der Waals surface area contributed by atoms with Crippen molar-refractivity contribution in [3.63, 3.8) is 0 Å². The summed E-state index contributed by atoms with van der Waals surface area (Å²) >= 11 is 0. The third kappa shape index (κ3) is 3.81. The Morgan fingerprint density at radius 3 is 2.71 bits per heavy atom. The summed E-state index contributed by atoms with van der Waals surface area (Å²) in [5.74, 6) is 0.537. The molecular weight excluding hydrogens is 357 g/mol. The molecule has 1 aromatic carbocycles. The van der Waals surface area contributed by atoms with Gasteiger partial charge in [-0.1, -0.05) is 18.7 Å². The maximum absolute atomic E-state index is 13.7. The minimum absolute atomic E-state index is 0.232. The molecule has 0 atom stereocenters. The van der Waals surface area contributed by atoms with Crippen molar-refractivity contribution < 1.29 is 9.13 Å². The molecule has 6 heteroatoms. The van der Waals surface area contributed by atoms with Gasteiger partial charge in [0.05, 0.1) is 13.7 Å². The summed E-state index contributed by atoms with van der Waals surface area (Å²) in [6.45, 7) is 7.88. The first-order valence-corrected chi connectivity index (χ1v) is 8.85. The highest BCUT2D eigenvalue weighted by Gasteiger charge is 2.11. The predicted molar refractivity (Wildman–Crippen MR) is 108 cm³/mol. The van der Waals surface area contributed by atoms with Gasteiger partial charge in [-0.3, -0.25) is 9.13 Å². The molecular formula is C22H22FN3O2. The zero-order valence-electron chi connectivity index (χ0n) is 16.1. The van der Waals surface area contributed by atoms with Crippen LogP contribution in [-0.4, -0.2) is 21.2 Å². The minimum atomic E-state index is -0.406. The average molecular weight is 379 g/mol. The third-order valence-corrected chi connectivity index (χ3v) is 4.53. The Kier molecular flexibility index (Phi) is 5.59. The summed E-state index contributed by atoms with van der Waals surface area (Å²) in [5.41, 5.74) is 3.15. The van der Waals surface area contributed by atoms with Gasteiger partial charge in [0.25, 0.3) is 0 Å². The second-order valence-electron chi connectivity index (χ2n) is 6.33. The monoisotopic (exact) mass is 379 g/mol. The summed E-state index contributed by atoms with van der Waals surface area (Å²) in [6, 6.07) is 8.12. The summed E-state index contributed by atoms with van der Waals surface area (Å²) in [6.07, 6.45) is 7.06. The van der Waals surface area contributed by atoms with Gasteiger partial charge in [-0.15, -0.1) is 0 Å². The highest BCUT2D eigenvalue weighted by Crippen LogP contribution is 2.20. The lowest BCUT2D eigenvalue weighted by Gasteiger charge is -2.09. The van der Waals surface area contributed by atoms with E-state index in [9.17, 15) is 9.18 Å². The molecule has 0 aliphatic rings. The summed E-state index contributed by atoms with van der Waals surface area (Å²) in [4.78, 5) is 17.4. The number of aromatic nitrogens is 3. The van der Waals surface area contributed by atoms with Crippen molar-refractivity contribution in [3.8, 4) is 11.6 Å². The molecule has 5 nitrogen and oxygen atoms in total. The van der Waals surface area contributed by atoms with Gasteiger partial charge in [-0.25, -0.2) is 14.2 Å². The lowest BCUT2D eigenvalue weighted by Crippen LogP contribution is -2.24. The molecule has 0 aliphatic carbocycles. The second kappa shape index (κ2) is 8.08. The van der Waals surface area contributed by atoms with E-state index in [4.69, 9.17) is 4.74 Å². The van der Waals surface area contributed by atoms with E-state index in [0.717, 1.165) is 16.8 Å². The number of imidazole rings is 1. The van der Waals surface area contributed by atoms with E-state index in [2.05, 4.69) is 11.6 Å². The molecule has 0 amide bonds. The Morgan fingerprint density at radius 1 is 1.29 bits per heavy atom. The molecule has 0 saturated heterocycles. The van der Waals surface area contributed by atoms with Gasteiger partial charge in [-0.05, 0) is 49.2 Å². The van der Waals surface area contributed by atoms with Crippen molar-refractivity contribution in [1.82, 2.24) is 14.1 Å². The Bertz CT molecular complexity index is 1110. The number of allylic oxidation sites excluding steroid dienone is 3. The molecule has 144 valence electrons. The molecule has 0 saturated carbocycles. The van der Waals surface area contributed by atoms with Crippen molar-refractivity contribution in [2.24, 2.45) is 0 Å². The number of hydrogen-bond acceptors (Lipinski definition) is 3. The topological polar surface area (TPSA) is 49.0 Å². The molecule has 0 aliphatic heterocycles. The smallest absolute Gasteiger partial charge is 0.334 e. The van der Waals surface area contributed by atoms with Gasteiger partial charge in [0, 0.05) is 29.7 Å². The largest absolute Gasteiger partial charge is 0.497 e. The third-order valence-electron chi connectivity index (χ3n) is 4.53. The van der Waals surface area contributed by atoms with Crippen molar-refractivity contribution in [2.45, 2.75) is 20.4 Å². The highest BCUT2D eigenvalue weighted by molar-refractivity contribution is 5.74. The molecule has 0 N–H and O–H groups in total. The van der Waals surface area contributed by atoms with Gasteiger partial charge in [-0.2, -0.15) is 0 Å². The van der Waals surface area contributed by atoms with Crippen LogP contribution in [0.5, 0.6) is 5.75 Å². The second-order valence-corrected chi connectivity index (χ2v) is 6.33. The number of hydrogen-bond donors (Lipinski definition) is 0. The van der Waals surface area contributed by atoms with Crippen LogP contribution in [0.25, 0.3) is 11.4 Å². The van der Waals surface area contributed by atoms with Gasteiger partial charge >= 0.3 is 5.69 Å². The van der Waals surface area contributed by atoms with Crippen molar-refractivity contribution in [2.75, 3.05) is 7.11 Å². The minimum Gasteiger partial charge on any atom is -0.497 e. The Hall–Kier alpha value is -3.41. The number of aryl methyl sites for hydroxylation is 1. The quantitative estimate of drug-likeness (QED) is 0.605. The van der Waals surface area contributed by atoms with E-state index in [1.54, 1.807) is 30.6 Å². The zero-order valence-corrected chi connectivity index (χ0v) is 16.1. The maximum atomic E-state index is 13.7. The fourth-order valence-corrected chi connectivity index (χ4v) is 3.10. The Morgan fingerprint density at radius 2 is 2.07 bits per heavy atom. The molecule has 0 spiro atoms. The maximum Gasteiger partial charge on any atom is 0.334 e. The first-order valence-electron chi connectivity index (χ1n) is 8.85. The van der Waals surface area contributed by atoms with Crippen LogP contribution >= 0.6 is 0 Å². The Labute approximate surface area is 163 Å². The molecule has 3 aromatic rings. The number of ether oxygens (including phenoxy) is 1. The number of pyridine rings is 1. The molecule has 3 rings (SSSR count). The van der Waals surface area contributed by atoms with E-state index >= 15 is 0 Å². The van der Waals surface area contributed by atoms with Crippen LogP contribution in [0, 0.1) is 12.7 Å². The van der Waals surface area contributed by atoms with Crippen LogP contribution < -0.4 is 10.4 Å². The molecule has 0 unspecified atom stereocenters. The van der Waals surface area contributed by atoms with Gasteiger partial charge in [0.2, 0.25) is 0 Å². The van der Waals surface area contributed by atoms with Crippen molar-refractivity contribution in [1.29, 1.82) is 0 Å². The van der Waals surface area contributed by atoms with Crippen LogP contribution in [-0.2, 0) is 6.54 Å². The van der Waals surface area contributed by atoms with E-state index in [1.165, 1.54) is 28.4 Å². The first kappa shape index (κ1) is 19.4. The van der Waals surface area contributed by atoms with Crippen LogP contribution in [0.4, 0.5) is 4.39 Å². The molecule has 0 bridgehead atoms. The van der Waals surface area contributed by atoms with Crippen LogP contribution in [0.3, 0.4) is 0 Å². The van der Waals surface area contributed by atoms with Crippen LogP contribution in [0.1, 0.15) is 23.7 Å². The molecule has 2 heterocycles. The number of rotatable bonds is 6. The van der Waals surface area contributed by atoms with Gasteiger partial charge in [0.15, 0.2) is 0 Å². The van der Waals surface area contributed by atoms with Crippen LogP contribution in [0.2, 0.25) is 0 Å². The molecule has 0 radical (unpaired) electrons. The van der Waals surface area contributed by atoms with E-state index in [0.29, 0.717) is 17.1 Å². The van der Waals surface area contributed by atoms with Gasteiger partial charge in [0.1, 0.15) is 17.4 Å². The summed E-state index contributed by atoms with van der Waals surface area (Å²) in [5, 5.41) is 0. The number of halogens is 1. The number of nitrogens with zero attached hydrogens (tertiary/aromatic N) is 3. The average Bonchev–Trinajstić information content (AvgIpc) is 3.03. The zero-order chi connectivity index (χ0) is 20.3. The highest BCUT2D eigenvalue weighted by atomic mass is 19.1. The van der Waals surface area contributed by atoms with E-state index < -0.39 is 5.82 Å². The van der Waals surface area contributed by atoms with E-state index in [-0.39, 0.29) is 12.2 Å². The molecule has 28 heavy (non-hydrogen) atoms. The van der Waals surface area contributed by atoms with E-state index in [1.807, 2.05) is 26.0 Å². The summed E-state index contributed by atoms with van der Waals surface area (Å²) in [7, 11) is 1.48. The normalized spacial score (nSPS) is 11.5. The van der Waals surface area contributed by atoms with Crippen molar-refractivity contribution >= 4 is 5.57 Å². The predicted octanol–water partition coefficient (Wildman–Crippen LogP) is 4.13. The Balaban J connectivity index is 1.93. The SMILES string of the molecule is C=C/C(=C\C)c1ccc(-n2ccn(Cc3cc(F)cc(OC)c3)c2=O)nc1C. The number of methoxy groups -OCH3 is 1.